The van der Waals surface area contributed by atoms with Gasteiger partial charge in [0, 0.05) is 36.7 Å². The van der Waals surface area contributed by atoms with Crippen LogP contribution in [-0.2, 0) is 9.53 Å². The minimum absolute atomic E-state index is 0. The first-order valence-corrected chi connectivity index (χ1v) is 10.0. The van der Waals surface area contributed by atoms with Crippen LogP contribution in [0, 0.1) is 0 Å². The molecule has 30 heavy (non-hydrogen) atoms. The van der Waals surface area contributed by atoms with Gasteiger partial charge in [0.2, 0.25) is 5.91 Å². The maximum atomic E-state index is 12.3. The van der Waals surface area contributed by atoms with Crippen molar-refractivity contribution in [2.45, 2.75) is 43.5 Å². The van der Waals surface area contributed by atoms with E-state index >= 15 is 0 Å². The van der Waals surface area contributed by atoms with Crippen molar-refractivity contribution in [2.75, 3.05) is 26.2 Å². The van der Waals surface area contributed by atoms with Crippen molar-refractivity contribution < 1.29 is 14.3 Å². The van der Waals surface area contributed by atoms with Gasteiger partial charge in [-0.15, -0.1) is 24.8 Å². The fourth-order valence-electron chi connectivity index (χ4n) is 3.83. The number of urea groups is 1. The second-order valence-corrected chi connectivity index (χ2v) is 7.90. The first kappa shape index (κ1) is 26.7. The second kappa shape index (κ2) is 12.5. The molecule has 3 amide bonds. The number of nitrogens with one attached hydrogen (secondary N) is 2. The fraction of sp³-hybridized carbons (Fsp3) is 0.579. The molecule has 2 aliphatic rings. The van der Waals surface area contributed by atoms with Gasteiger partial charge < -0.3 is 26.8 Å². The predicted molar refractivity (Wildman–Crippen MR) is 121 cm³/mol. The molecule has 2 saturated heterocycles. The average Bonchev–Trinajstić information content (AvgIpc) is 3.06. The van der Waals surface area contributed by atoms with Crippen molar-refractivity contribution in [3.8, 4) is 0 Å². The van der Waals surface area contributed by atoms with Gasteiger partial charge in [-0.3, -0.25) is 9.69 Å². The normalized spacial score (nSPS) is 24.0. The van der Waals surface area contributed by atoms with Crippen LogP contribution in [0.1, 0.15) is 30.9 Å². The van der Waals surface area contributed by atoms with E-state index in [2.05, 4.69) is 15.5 Å². The van der Waals surface area contributed by atoms with Gasteiger partial charge >= 0.3 is 6.03 Å². The maximum absolute atomic E-state index is 12.3. The summed E-state index contributed by atoms with van der Waals surface area (Å²) in [4.78, 5) is 25.4. The molecular weight excluding hydrogens is 453 g/mol. The summed E-state index contributed by atoms with van der Waals surface area (Å²) in [5.74, 6) is -0.154. The van der Waals surface area contributed by atoms with Crippen LogP contribution >= 0.6 is 36.4 Å². The molecule has 11 heteroatoms. The van der Waals surface area contributed by atoms with E-state index in [1.807, 2.05) is 24.3 Å². The molecule has 1 aromatic carbocycles. The third kappa shape index (κ3) is 7.44. The first-order chi connectivity index (χ1) is 13.4. The Morgan fingerprint density at radius 3 is 2.60 bits per heavy atom. The van der Waals surface area contributed by atoms with E-state index in [0.717, 1.165) is 25.1 Å². The monoisotopic (exact) mass is 481 g/mol. The SMILES string of the molecule is Cl.Cl.NC(=O)NCCC[C@H](N)C(=O)N[C@H]1C[C@H]2CO[C@@H](c3ccc(Cl)cc3)CN2C1. The summed E-state index contributed by atoms with van der Waals surface area (Å²) in [5, 5.41) is 6.26. The molecule has 2 heterocycles. The smallest absolute Gasteiger partial charge is 0.312 e. The van der Waals surface area contributed by atoms with Crippen molar-refractivity contribution in [1.29, 1.82) is 0 Å². The number of amides is 3. The molecule has 6 N–H and O–H groups in total. The van der Waals surface area contributed by atoms with E-state index in [9.17, 15) is 9.59 Å². The van der Waals surface area contributed by atoms with Crippen molar-refractivity contribution in [3.63, 3.8) is 0 Å². The molecule has 8 nitrogen and oxygen atoms in total. The minimum Gasteiger partial charge on any atom is -0.371 e. The number of fused-ring (bicyclic) bond motifs is 1. The molecule has 4 atom stereocenters. The Labute approximate surface area is 194 Å². The minimum atomic E-state index is -0.592. The van der Waals surface area contributed by atoms with Crippen LogP contribution in [-0.4, -0.2) is 61.2 Å². The van der Waals surface area contributed by atoms with Gasteiger partial charge in [-0.05, 0) is 37.0 Å². The zero-order valence-corrected chi connectivity index (χ0v) is 19.0. The predicted octanol–water partition coefficient (Wildman–Crippen LogP) is 1.59. The van der Waals surface area contributed by atoms with E-state index in [1.165, 1.54) is 0 Å². The summed E-state index contributed by atoms with van der Waals surface area (Å²) in [7, 11) is 0. The summed E-state index contributed by atoms with van der Waals surface area (Å²) < 4.78 is 6.04. The van der Waals surface area contributed by atoms with E-state index in [0.29, 0.717) is 37.1 Å². The van der Waals surface area contributed by atoms with Crippen molar-refractivity contribution in [2.24, 2.45) is 11.5 Å². The standard InChI is InChI=1S/C19H28ClN5O3.2ClH/c20-13-5-3-12(4-6-13)17-10-25-9-14(8-15(25)11-28-17)24-18(26)16(21)2-1-7-23-19(22)27;;/h3-6,14-17H,1-2,7-11,21H2,(H,24,26)(H3,22,23,27);2*1H/t14-,15-,16-,17+;;/m0../s1. The van der Waals surface area contributed by atoms with Crippen LogP contribution in [0.25, 0.3) is 0 Å². The number of ether oxygens (including phenoxy) is 1. The van der Waals surface area contributed by atoms with E-state index < -0.39 is 12.1 Å². The topological polar surface area (TPSA) is 123 Å². The van der Waals surface area contributed by atoms with Gasteiger partial charge in [0.1, 0.15) is 0 Å². The molecule has 0 bridgehead atoms. The molecule has 1 aromatic rings. The Hall–Kier alpha value is -1.29. The fourth-order valence-corrected chi connectivity index (χ4v) is 3.96. The maximum Gasteiger partial charge on any atom is 0.312 e. The largest absolute Gasteiger partial charge is 0.371 e. The summed E-state index contributed by atoms with van der Waals surface area (Å²) >= 11 is 5.96. The van der Waals surface area contributed by atoms with Gasteiger partial charge in [-0.25, -0.2) is 4.79 Å². The summed E-state index contributed by atoms with van der Waals surface area (Å²) in [6.45, 7) is 2.65. The first-order valence-electron chi connectivity index (χ1n) is 9.62. The van der Waals surface area contributed by atoms with Crippen LogP contribution in [0.3, 0.4) is 0 Å². The Bertz CT molecular complexity index is 694. The molecule has 0 unspecified atom stereocenters. The molecular formula is C19H30Cl3N5O3. The quantitative estimate of drug-likeness (QED) is 0.440. The Balaban J connectivity index is 0.00000225. The van der Waals surface area contributed by atoms with Gasteiger partial charge in [-0.1, -0.05) is 23.7 Å². The molecule has 2 aliphatic heterocycles. The number of hydrogen-bond acceptors (Lipinski definition) is 5. The number of nitrogens with two attached hydrogens (primary N) is 2. The van der Waals surface area contributed by atoms with Crippen LogP contribution in [0.4, 0.5) is 4.79 Å². The number of nitrogens with zero attached hydrogens (tertiary/aromatic N) is 1. The Kier molecular flexibility index (Phi) is 11.2. The number of halogens is 3. The zero-order valence-electron chi connectivity index (χ0n) is 16.6. The van der Waals surface area contributed by atoms with Crippen molar-refractivity contribution in [1.82, 2.24) is 15.5 Å². The molecule has 3 rings (SSSR count). The number of rotatable bonds is 7. The van der Waals surface area contributed by atoms with Crippen LogP contribution in [0.2, 0.25) is 5.02 Å². The molecule has 0 spiro atoms. The van der Waals surface area contributed by atoms with Gasteiger partial charge in [-0.2, -0.15) is 0 Å². The van der Waals surface area contributed by atoms with Crippen molar-refractivity contribution in [3.05, 3.63) is 34.9 Å². The highest BCUT2D eigenvalue weighted by molar-refractivity contribution is 6.30. The summed E-state index contributed by atoms with van der Waals surface area (Å²) in [6.07, 6.45) is 1.97. The lowest BCUT2D eigenvalue weighted by atomic mass is 10.1. The Morgan fingerprint density at radius 2 is 1.93 bits per heavy atom. The lowest BCUT2D eigenvalue weighted by Gasteiger charge is -2.35. The van der Waals surface area contributed by atoms with Crippen molar-refractivity contribution >= 4 is 48.4 Å². The van der Waals surface area contributed by atoms with Crippen LogP contribution < -0.4 is 22.1 Å². The van der Waals surface area contributed by atoms with Gasteiger partial charge in [0.25, 0.3) is 0 Å². The van der Waals surface area contributed by atoms with E-state index in [-0.39, 0.29) is 42.9 Å². The van der Waals surface area contributed by atoms with Gasteiger partial charge in [0.05, 0.1) is 18.8 Å². The molecule has 0 aromatic heterocycles. The highest BCUT2D eigenvalue weighted by Crippen LogP contribution is 2.30. The summed E-state index contributed by atoms with van der Waals surface area (Å²) in [6, 6.07) is 6.96. The average molecular weight is 483 g/mol. The summed E-state index contributed by atoms with van der Waals surface area (Å²) in [5.41, 5.74) is 12.1. The number of carbonyl (C=O) groups excluding carboxylic acids is 2. The third-order valence-electron chi connectivity index (χ3n) is 5.33. The van der Waals surface area contributed by atoms with Gasteiger partial charge in [0.15, 0.2) is 0 Å². The number of benzene rings is 1. The molecule has 0 saturated carbocycles. The number of primary amides is 1. The third-order valence-corrected chi connectivity index (χ3v) is 5.59. The van der Waals surface area contributed by atoms with Crippen LogP contribution in [0.15, 0.2) is 24.3 Å². The molecule has 0 aliphatic carbocycles. The second-order valence-electron chi connectivity index (χ2n) is 7.46. The highest BCUT2D eigenvalue weighted by atomic mass is 35.5. The number of morpholine rings is 1. The van der Waals surface area contributed by atoms with E-state index in [1.54, 1.807) is 0 Å². The van der Waals surface area contributed by atoms with E-state index in [4.69, 9.17) is 27.8 Å². The molecule has 0 radical (unpaired) electrons. The lowest BCUT2D eigenvalue weighted by Crippen LogP contribution is -2.47. The lowest BCUT2D eigenvalue weighted by molar-refractivity contribution is -0.123. The van der Waals surface area contributed by atoms with Crippen LogP contribution in [0.5, 0.6) is 0 Å². The molecule has 170 valence electrons. The number of carbonyl (C=O) groups is 2. The molecule has 2 fully saturated rings. The Morgan fingerprint density at radius 1 is 1.23 bits per heavy atom. The highest BCUT2D eigenvalue weighted by Gasteiger charge is 2.38. The number of hydrogen-bond donors (Lipinski definition) is 4. The zero-order chi connectivity index (χ0) is 20.1.